The third kappa shape index (κ3) is 12.8. The van der Waals surface area contributed by atoms with Crippen LogP contribution in [0.3, 0.4) is 0 Å². The van der Waals surface area contributed by atoms with Gasteiger partial charge in [-0.15, -0.1) is 10.2 Å². The maximum absolute atomic E-state index is 13.0. The van der Waals surface area contributed by atoms with Gasteiger partial charge in [-0.3, -0.25) is 18.7 Å². The van der Waals surface area contributed by atoms with Crippen molar-refractivity contribution in [1.29, 1.82) is 0 Å². The molecule has 6 rings (SSSR count). The lowest BCUT2D eigenvalue weighted by atomic mass is 10.1. The third-order valence-electron chi connectivity index (χ3n) is 9.38. The van der Waals surface area contributed by atoms with E-state index in [1.807, 2.05) is 0 Å². The van der Waals surface area contributed by atoms with Crippen LogP contribution >= 0.6 is 0 Å². The number of anilines is 2. The molecular weight excluding hydrogens is 1010 g/mol. The molecule has 6 aromatic rings. The Morgan fingerprint density at radius 3 is 1.17 bits per heavy atom. The van der Waals surface area contributed by atoms with Gasteiger partial charge in [-0.05, 0) is 95.7 Å². The molecule has 0 fully saturated rings. The van der Waals surface area contributed by atoms with Gasteiger partial charge in [0.1, 0.15) is 21.2 Å². The van der Waals surface area contributed by atoms with Crippen molar-refractivity contribution < 1.29 is 79.4 Å². The summed E-state index contributed by atoms with van der Waals surface area (Å²) in [5, 5.41) is 42.5. The Hall–Kier alpha value is -6.83. The summed E-state index contributed by atoms with van der Waals surface area (Å²) in [6, 6.07) is 19.1. The van der Waals surface area contributed by atoms with Gasteiger partial charge in [-0.25, -0.2) is 25.2 Å². The molecule has 364 valence electrons. The predicted molar refractivity (Wildman–Crippen MR) is 246 cm³/mol. The number of aromatic hydroxyl groups is 2. The number of hydrogen-bond donors (Lipinski definition) is 6. The van der Waals surface area contributed by atoms with Crippen LogP contribution in [0.5, 0.6) is 11.5 Å². The number of benzene rings is 6. The Balaban J connectivity index is 1.05. The van der Waals surface area contributed by atoms with Crippen LogP contribution in [0.4, 0.5) is 34.1 Å². The lowest BCUT2D eigenvalue weighted by Gasteiger charge is -2.10. The molecule has 0 spiro atoms. The molecule has 0 aliphatic heterocycles. The average molecular weight is 1050 g/mol. The lowest BCUT2D eigenvalue weighted by Crippen LogP contribution is -2.20. The number of nitrogens with zero attached hydrogens (tertiary/aromatic N) is 4. The van der Waals surface area contributed by atoms with Crippen molar-refractivity contribution in [3.63, 3.8) is 0 Å². The minimum absolute atomic E-state index is 0.0432. The first-order chi connectivity index (χ1) is 32.1. The molecule has 0 heterocycles. The minimum atomic E-state index is -4.96. The van der Waals surface area contributed by atoms with Gasteiger partial charge in [0.2, 0.25) is 11.8 Å². The van der Waals surface area contributed by atoms with Crippen molar-refractivity contribution in [3.05, 3.63) is 97.1 Å². The van der Waals surface area contributed by atoms with Crippen LogP contribution in [0, 0.1) is 0 Å². The van der Waals surface area contributed by atoms with Crippen molar-refractivity contribution in [3.8, 4) is 11.5 Å². The summed E-state index contributed by atoms with van der Waals surface area (Å²) in [6.45, 7) is 0.575. The van der Waals surface area contributed by atoms with Crippen molar-refractivity contribution in [2.45, 2.75) is 33.4 Å². The summed E-state index contributed by atoms with van der Waals surface area (Å²) in [6.07, 6.45) is 0. The highest BCUT2D eigenvalue weighted by atomic mass is 32.3. The first kappa shape index (κ1) is 51.6. The normalized spacial score (nSPS) is 12.8. The van der Waals surface area contributed by atoms with E-state index >= 15 is 0 Å². The monoisotopic (exact) mass is 1050 g/mol. The maximum atomic E-state index is 13.0. The summed E-state index contributed by atoms with van der Waals surface area (Å²) in [5.41, 5.74) is -0.934. The zero-order chi connectivity index (χ0) is 50.7. The summed E-state index contributed by atoms with van der Waals surface area (Å²) < 4.78 is 154. The number of nitrogens with one attached hydrogen (secondary N) is 2. The highest BCUT2D eigenvalue weighted by Gasteiger charge is 2.25. The summed E-state index contributed by atoms with van der Waals surface area (Å²) in [7, 11) is -23.3. The van der Waals surface area contributed by atoms with Crippen LogP contribution in [0.2, 0.25) is 0 Å². The van der Waals surface area contributed by atoms with Crippen molar-refractivity contribution >= 4 is 118 Å². The van der Waals surface area contributed by atoms with Gasteiger partial charge in [0.15, 0.2) is 31.2 Å². The molecule has 69 heavy (non-hydrogen) atoms. The Labute approximate surface area is 393 Å². The summed E-state index contributed by atoms with van der Waals surface area (Å²) >= 11 is 0. The van der Waals surface area contributed by atoms with Crippen LogP contribution in [-0.4, -0.2) is 97.9 Å². The number of azo groups is 2. The van der Waals surface area contributed by atoms with Crippen molar-refractivity contribution in [2.24, 2.45) is 20.5 Å². The third-order valence-corrected chi connectivity index (χ3v) is 15.4. The van der Waals surface area contributed by atoms with E-state index in [9.17, 15) is 71.0 Å². The van der Waals surface area contributed by atoms with Gasteiger partial charge in [0.25, 0.3) is 20.2 Å². The zero-order valence-corrected chi connectivity index (χ0v) is 39.5. The molecule has 6 aromatic carbocycles. The predicted octanol–water partition coefficient (Wildman–Crippen LogP) is 6.17. The molecular formula is C40H36N6O18S5. The molecule has 0 unspecified atom stereocenters. The summed E-state index contributed by atoms with van der Waals surface area (Å²) in [5.74, 6) is -4.09. The number of sulfone groups is 2. The first-order valence-corrected chi connectivity index (χ1v) is 26.8. The van der Waals surface area contributed by atoms with E-state index in [1.165, 1.54) is 50.2 Å². The Morgan fingerprint density at radius 2 is 0.855 bits per heavy atom. The van der Waals surface area contributed by atoms with Gasteiger partial charge in [-0.2, -0.15) is 35.5 Å². The number of hydrogen-bond acceptors (Lipinski definition) is 20. The molecule has 0 saturated heterocycles. The van der Waals surface area contributed by atoms with E-state index in [0.717, 1.165) is 60.7 Å². The fourth-order valence-electron chi connectivity index (χ4n) is 6.25. The van der Waals surface area contributed by atoms with Crippen LogP contribution in [0.15, 0.2) is 137 Å². The van der Waals surface area contributed by atoms with Crippen LogP contribution in [0.1, 0.15) is 13.8 Å². The molecule has 2 amide bonds. The lowest BCUT2D eigenvalue weighted by molar-refractivity contribution is -0.115. The van der Waals surface area contributed by atoms with E-state index < -0.39 is 120 Å². The van der Waals surface area contributed by atoms with E-state index in [-0.39, 0.29) is 54.1 Å². The highest BCUT2D eigenvalue weighted by molar-refractivity contribution is 7.91. The highest BCUT2D eigenvalue weighted by Crippen LogP contribution is 2.44. The van der Waals surface area contributed by atoms with Crippen LogP contribution in [-0.2, 0) is 68.3 Å². The molecule has 6 N–H and O–H groups in total. The molecule has 24 nitrogen and oxygen atoms in total. The topological polar surface area (TPSA) is 378 Å². The smallest absolute Gasteiger partial charge is 0.399 e. The molecule has 0 saturated carbocycles. The molecule has 0 aliphatic carbocycles. The molecule has 0 aliphatic rings. The van der Waals surface area contributed by atoms with Crippen molar-refractivity contribution in [2.75, 3.05) is 35.4 Å². The SMILES string of the molecule is CC(=O)Nc1ccc2cc(S(=O)(=O)O)c(N=Nc3ccc(S(=O)(=O)CCOS(=O)(=O)OCCS(=O)(=O)c4ccc(N=Nc5c(S(=O)(=O)O)cc6ccc(NC(C)=O)cc6c5O)cc4)cc3)c(O)c2c1. The number of phenols is 2. The second-order valence-electron chi connectivity index (χ2n) is 14.4. The van der Waals surface area contributed by atoms with E-state index in [0.29, 0.717) is 0 Å². The molecule has 0 bridgehead atoms. The van der Waals surface area contributed by atoms with Crippen molar-refractivity contribution in [1.82, 2.24) is 0 Å². The number of phenolic OH excluding ortho intramolecular Hbond substituents is 2. The molecule has 0 atom stereocenters. The van der Waals surface area contributed by atoms with Gasteiger partial charge < -0.3 is 20.8 Å². The standard InChI is InChI=1S/C40H36N6O18S5/c1-23(47)41-29-5-3-25-19-35(67(55,56)57)37(39(49)33(25)21-29)45-43-27-7-11-31(12-8-27)65(51,52)17-15-63-69(61,62)64-16-18-66(53,54)32-13-9-28(10-14-32)44-46-38-36(68(58,59)60)20-26-4-6-30(42-24(2)48)22-34(26)40(38)50/h3-14,19-22,49-50H,15-18H2,1-2H3,(H,41,47)(H,42,48)(H,55,56,57)(H,58,59,60). The number of fused-ring (bicyclic) bond motifs is 2. The largest absolute Gasteiger partial charge is 0.505 e. The fourth-order valence-corrected chi connectivity index (χ4v) is 10.6. The Kier molecular flexibility index (Phi) is 15.0. The second-order valence-corrected chi connectivity index (χ2v) is 22.7. The maximum Gasteiger partial charge on any atom is 0.399 e. The van der Waals surface area contributed by atoms with Gasteiger partial charge in [0.05, 0.1) is 45.9 Å². The number of rotatable bonds is 18. The van der Waals surface area contributed by atoms with Crippen LogP contribution < -0.4 is 10.6 Å². The number of carbonyl (C=O) groups is 2. The number of amides is 2. The zero-order valence-electron chi connectivity index (χ0n) is 35.4. The average Bonchev–Trinajstić information content (AvgIpc) is 3.25. The van der Waals surface area contributed by atoms with E-state index in [2.05, 4.69) is 39.5 Å². The fraction of sp³-hybridized carbons (Fsp3) is 0.150. The van der Waals surface area contributed by atoms with Gasteiger partial charge in [-0.1, -0.05) is 12.1 Å². The molecule has 29 heteroatoms. The molecule has 0 aromatic heterocycles. The quantitative estimate of drug-likeness (QED) is 0.0414. The number of carbonyl (C=O) groups excluding carboxylic acids is 2. The summed E-state index contributed by atoms with van der Waals surface area (Å²) in [4.78, 5) is 20.7. The molecule has 0 radical (unpaired) electrons. The van der Waals surface area contributed by atoms with E-state index in [4.69, 9.17) is 0 Å². The van der Waals surface area contributed by atoms with Gasteiger partial charge >= 0.3 is 10.4 Å². The second kappa shape index (κ2) is 20.0. The van der Waals surface area contributed by atoms with Gasteiger partial charge in [0, 0.05) is 36.0 Å². The minimum Gasteiger partial charge on any atom is -0.505 e. The van der Waals surface area contributed by atoms with Crippen LogP contribution in [0.25, 0.3) is 21.5 Å². The Morgan fingerprint density at radius 1 is 0.507 bits per heavy atom. The van der Waals surface area contributed by atoms with E-state index in [1.54, 1.807) is 0 Å². The first-order valence-electron chi connectivity index (χ1n) is 19.3. The Bertz CT molecular complexity index is 3450.